The topological polar surface area (TPSA) is 86.6 Å². The number of aryl methyl sites for hydroxylation is 1. The Morgan fingerprint density at radius 2 is 2.05 bits per heavy atom. The lowest BCUT2D eigenvalue weighted by molar-refractivity contribution is -0.149. The van der Waals surface area contributed by atoms with Gasteiger partial charge in [-0.1, -0.05) is 11.6 Å². The second kappa shape index (κ2) is 6.12. The molecule has 8 nitrogen and oxygen atoms in total. The van der Waals surface area contributed by atoms with Crippen LogP contribution in [0, 0.1) is 6.92 Å². The molecule has 1 atom stereocenters. The lowest BCUT2D eigenvalue weighted by atomic mass is 10.2. The van der Waals surface area contributed by atoms with Crippen molar-refractivity contribution in [2.24, 2.45) is 0 Å². The van der Waals surface area contributed by atoms with Crippen LogP contribution in [0.15, 0.2) is 0 Å². The van der Waals surface area contributed by atoms with Gasteiger partial charge in [-0.15, -0.1) is 10.2 Å². The van der Waals surface area contributed by atoms with Gasteiger partial charge in [0.25, 0.3) is 0 Å². The predicted octanol–water partition coefficient (Wildman–Crippen LogP) is 1.45. The smallest absolute Gasteiger partial charge is 0.411 e. The zero-order valence-electron chi connectivity index (χ0n) is 13.0. The van der Waals surface area contributed by atoms with Crippen LogP contribution in [0.5, 0.6) is 0 Å². The third kappa shape index (κ3) is 3.49. The van der Waals surface area contributed by atoms with Gasteiger partial charge in [-0.25, -0.2) is 9.59 Å². The Balaban J connectivity index is 2.28. The van der Waals surface area contributed by atoms with Crippen LogP contribution in [0.4, 0.5) is 4.79 Å². The molecule has 1 unspecified atom stereocenters. The summed E-state index contributed by atoms with van der Waals surface area (Å²) in [5, 5.41) is 7.97. The van der Waals surface area contributed by atoms with Crippen LogP contribution in [-0.4, -0.2) is 49.4 Å². The molecular weight excluding hydrogens is 312 g/mol. The van der Waals surface area contributed by atoms with E-state index in [1.165, 1.54) is 4.90 Å². The third-order valence-corrected chi connectivity index (χ3v) is 3.26. The molecule has 1 aliphatic rings. The first-order chi connectivity index (χ1) is 10.2. The first-order valence-corrected chi connectivity index (χ1v) is 7.37. The summed E-state index contributed by atoms with van der Waals surface area (Å²) in [4.78, 5) is 25.8. The molecule has 1 amide bonds. The second-order valence-corrected chi connectivity index (χ2v) is 6.19. The molecule has 2 rings (SSSR count). The minimum atomic E-state index is -0.823. The number of ether oxygens (including phenoxy) is 2. The number of nitrogens with zero attached hydrogens (tertiary/aromatic N) is 4. The van der Waals surface area contributed by atoms with Crippen LogP contribution in [0.25, 0.3) is 0 Å². The number of carbonyl (C=O) groups excluding carboxylic acids is 2. The maximum absolute atomic E-state index is 12.4. The molecule has 0 aliphatic carbocycles. The van der Waals surface area contributed by atoms with Crippen molar-refractivity contribution in [3.63, 3.8) is 0 Å². The highest BCUT2D eigenvalue weighted by molar-refractivity contribution is 6.17. The van der Waals surface area contributed by atoms with Crippen LogP contribution >= 0.6 is 11.6 Å². The van der Waals surface area contributed by atoms with Crippen molar-refractivity contribution in [2.45, 2.75) is 52.4 Å². The molecule has 1 aromatic heterocycles. The minimum absolute atomic E-state index is 0.123. The third-order valence-electron chi connectivity index (χ3n) is 3.15. The van der Waals surface area contributed by atoms with Gasteiger partial charge in [0, 0.05) is 0 Å². The Bertz CT molecular complexity index is 581. The van der Waals surface area contributed by atoms with Gasteiger partial charge >= 0.3 is 12.1 Å². The van der Waals surface area contributed by atoms with Gasteiger partial charge in [-0.3, -0.25) is 4.90 Å². The zero-order chi connectivity index (χ0) is 16.5. The zero-order valence-corrected chi connectivity index (χ0v) is 13.8. The Morgan fingerprint density at radius 1 is 1.36 bits per heavy atom. The van der Waals surface area contributed by atoms with Crippen LogP contribution < -0.4 is 0 Å². The second-order valence-electron chi connectivity index (χ2n) is 5.97. The lowest BCUT2D eigenvalue weighted by Gasteiger charge is -2.35. The van der Waals surface area contributed by atoms with E-state index in [9.17, 15) is 9.59 Å². The lowest BCUT2D eigenvalue weighted by Crippen LogP contribution is -2.52. The van der Waals surface area contributed by atoms with Gasteiger partial charge in [0.1, 0.15) is 11.4 Å². The summed E-state index contributed by atoms with van der Waals surface area (Å²) in [6, 6.07) is -1.10. The van der Waals surface area contributed by atoms with E-state index in [0.29, 0.717) is 11.6 Å². The number of amides is 1. The number of carbonyl (C=O) groups is 2. The van der Waals surface area contributed by atoms with Crippen molar-refractivity contribution in [1.82, 2.24) is 19.7 Å². The Kier molecular flexibility index (Phi) is 4.60. The molecule has 0 radical (unpaired) electrons. The van der Waals surface area contributed by atoms with E-state index in [1.54, 1.807) is 32.3 Å². The maximum atomic E-state index is 12.4. The molecule has 0 bridgehead atoms. The van der Waals surface area contributed by atoms with E-state index < -0.39 is 23.7 Å². The normalized spacial score (nSPS) is 17.9. The summed E-state index contributed by atoms with van der Waals surface area (Å²) in [7, 11) is 0. The SMILES string of the molecule is Cc1nnc2n1CC(C(=O)OCCl)N(C(=O)OC(C)(C)C)C2. The van der Waals surface area contributed by atoms with Gasteiger partial charge < -0.3 is 14.0 Å². The molecule has 0 fully saturated rings. The highest BCUT2D eigenvalue weighted by Gasteiger charge is 2.39. The summed E-state index contributed by atoms with van der Waals surface area (Å²) < 4.78 is 12.0. The van der Waals surface area contributed by atoms with E-state index in [-0.39, 0.29) is 19.2 Å². The van der Waals surface area contributed by atoms with E-state index >= 15 is 0 Å². The van der Waals surface area contributed by atoms with Crippen molar-refractivity contribution >= 4 is 23.7 Å². The predicted molar refractivity (Wildman–Crippen MR) is 77.1 cm³/mol. The van der Waals surface area contributed by atoms with Crippen LogP contribution in [0.1, 0.15) is 32.4 Å². The Labute approximate surface area is 133 Å². The number of aromatic nitrogens is 3. The van der Waals surface area contributed by atoms with Gasteiger partial charge in [0.15, 0.2) is 17.9 Å². The molecule has 122 valence electrons. The van der Waals surface area contributed by atoms with Crippen molar-refractivity contribution in [2.75, 3.05) is 6.07 Å². The summed E-state index contributed by atoms with van der Waals surface area (Å²) in [5.74, 6) is 0.681. The van der Waals surface area contributed by atoms with Crippen molar-refractivity contribution in [1.29, 1.82) is 0 Å². The molecule has 1 aromatic rings. The molecule has 0 aromatic carbocycles. The number of halogens is 1. The summed E-state index contributed by atoms with van der Waals surface area (Å²) >= 11 is 5.45. The van der Waals surface area contributed by atoms with Gasteiger partial charge in [0.05, 0.1) is 13.1 Å². The fraction of sp³-hybridized carbons (Fsp3) is 0.692. The van der Waals surface area contributed by atoms with Crippen LogP contribution in [0.2, 0.25) is 0 Å². The van der Waals surface area contributed by atoms with Crippen molar-refractivity contribution in [3.8, 4) is 0 Å². The number of hydrogen-bond acceptors (Lipinski definition) is 6. The molecule has 0 N–H and O–H groups in total. The number of fused-ring (bicyclic) bond motifs is 1. The molecule has 0 spiro atoms. The van der Waals surface area contributed by atoms with E-state index in [2.05, 4.69) is 10.2 Å². The standard InChI is InChI=1S/C13H19ClN4O4/c1-8-15-16-10-6-18(12(20)22-13(2,3)4)9(5-17(8)10)11(19)21-7-14/h9H,5-7H2,1-4H3. The van der Waals surface area contributed by atoms with E-state index in [4.69, 9.17) is 21.1 Å². The summed E-state index contributed by atoms with van der Waals surface area (Å²) in [5.41, 5.74) is -0.668. The first-order valence-electron chi connectivity index (χ1n) is 6.84. The quantitative estimate of drug-likeness (QED) is 0.602. The minimum Gasteiger partial charge on any atom is -0.448 e. The van der Waals surface area contributed by atoms with Gasteiger partial charge in [-0.2, -0.15) is 0 Å². The molecule has 9 heteroatoms. The largest absolute Gasteiger partial charge is 0.448 e. The summed E-state index contributed by atoms with van der Waals surface area (Å²) in [6.07, 6.45) is -0.601. The molecular formula is C13H19ClN4O4. The van der Waals surface area contributed by atoms with Gasteiger partial charge in [-0.05, 0) is 27.7 Å². The highest BCUT2D eigenvalue weighted by Crippen LogP contribution is 2.21. The van der Waals surface area contributed by atoms with Crippen LogP contribution in [-0.2, 0) is 27.4 Å². The molecule has 0 saturated carbocycles. The number of rotatable bonds is 2. The fourth-order valence-electron chi connectivity index (χ4n) is 2.18. The monoisotopic (exact) mass is 330 g/mol. The Hall–Kier alpha value is -1.83. The summed E-state index contributed by atoms with van der Waals surface area (Å²) in [6.45, 7) is 7.39. The average molecular weight is 331 g/mol. The van der Waals surface area contributed by atoms with E-state index in [1.807, 2.05) is 0 Å². The number of hydrogen-bond donors (Lipinski definition) is 0. The number of alkyl halides is 1. The van der Waals surface area contributed by atoms with Gasteiger partial charge in [0.2, 0.25) is 0 Å². The van der Waals surface area contributed by atoms with Crippen molar-refractivity contribution < 1.29 is 19.1 Å². The van der Waals surface area contributed by atoms with Crippen molar-refractivity contribution in [3.05, 3.63) is 11.6 Å². The molecule has 22 heavy (non-hydrogen) atoms. The first kappa shape index (κ1) is 16.5. The average Bonchev–Trinajstić information content (AvgIpc) is 2.77. The maximum Gasteiger partial charge on any atom is 0.411 e. The molecule has 1 aliphatic heterocycles. The fourth-order valence-corrected chi connectivity index (χ4v) is 2.28. The molecule has 0 saturated heterocycles. The molecule has 2 heterocycles. The highest BCUT2D eigenvalue weighted by atomic mass is 35.5. The Morgan fingerprint density at radius 3 is 2.64 bits per heavy atom. The number of esters is 1. The van der Waals surface area contributed by atoms with E-state index in [0.717, 1.165) is 0 Å². The van der Waals surface area contributed by atoms with Crippen LogP contribution in [0.3, 0.4) is 0 Å².